The van der Waals surface area contributed by atoms with Crippen LogP contribution in [0.4, 0.5) is 16.2 Å². The van der Waals surface area contributed by atoms with Crippen LogP contribution < -0.4 is 15.0 Å². The SMILES string of the molecule is CC(=O)c1ccc(N2CCN(C(=O)Nc3ccccc3OC(C)C)CC2)cc1. The molecule has 0 aromatic heterocycles. The molecule has 1 N–H and O–H groups in total. The van der Waals surface area contributed by atoms with E-state index in [0.717, 1.165) is 18.8 Å². The minimum atomic E-state index is -0.119. The van der Waals surface area contributed by atoms with Crippen molar-refractivity contribution in [1.82, 2.24) is 4.90 Å². The summed E-state index contributed by atoms with van der Waals surface area (Å²) in [5, 5.41) is 2.97. The van der Waals surface area contributed by atoms with Gasteiger partial charge >= 0.3 is 6.03 Å². The molecule has 1 aliphatic heterocycles. The first-order chi connectivity index (χ1) is 13.4. The van der Waals surface area contributed by atoms with Crippen molar-refractivity contribution in [3.63, 3.8) is 0 Å². The molecular weight excluding hydrogens is 354 g/mol. The Hall–Kier alpha value is -3.02. The maximum atomic E-state index is 12.7. The highest BCUT2D eigenvalue weighted by molar-refractivity contribution is 5.94. The average molecular weight is 381 g/mol. The number of carbonyl (C=O) groups is 2. The second-order valence-electron chi connectivity index (χ2n) is 7.17. The molecule has 1 fully saturated rings. The Morgan fingerprint density at radius 2 is 1.61 bits per heavy atom. The summed E-state index contributed by atoms with van der Waals surface area (Å²) in [5.41, 5.74) is 2.47. The van der Waals surface area contributed by atoms with Gasteiger partial charge in [-0.1, -0.05) is 12.1 Å². The van der Waals surface area contributed by atoms with Gasteiger partial charge in [-0.25, -0.2) is 4.79 Å². The Kier molecular flexibility index (Phi) is 6.19. The summed E-state index contributed by atoms with van der Waals surface area (Å²) < 4.78 is 5.77. The van der Waals surface area contributed by atoms with Gasteiger partial charge in [0, 0.05) is 37.4 Å². The first-order valence-electron chi connectivity index (χ1n) is 9.61. The molecule has 0 unspecified atom stereocenters. The third kappa shape index (κ3) is 4.82. The lowest BCUT2D eigenvalue weighted by Crippen LogP contribution is -2.50. The monoisotopic (exact) mass is 381 g/mol. The number of nitrogens with one attached hydrogen (secondary N) is 1. The first kappa shape index (κ1) is 19.7. The minimum absolute atomic E-state index is 0.0380. The Bertz CT molecular complexity index is 825. The Morgan fingerprint density at radius 3 is 2.21 bits per heavy atom. The molecule has 6 nitrogen and oxygen atoms in total. The second-order valence-corrected chi connectivity index (χ2v) is 7.17. The number of ketones is 1. The molecular formula is C22H27N3O3. The van der Waals surface area contributed by atoms with Crippen LogP contribution in [0.1, 0.15) is 31.1 Å². The Labute approximate surface area is 166 Å². The van der Waals surface area contributed by atoms with E-state index in [1.807, 2.05) is 67.3 Å². The van der Waals surface area contributed by atoms with E-state index in [1.165, 1.54) is 0 Å². The molecule has 0 spiro atoms. The summed E-state index contributed by atoms with van der Waals surface area (Å²) in [4.78, 5) is 28.1. The van der Waals surface area contributed by atoms with Gasteiger partial charge in [0.1, 0.15) is 5.75 Å². The maximum Gasteiger partial charge on any atom is 0.322 e. The summed E-state index contributed by atoms with van der Waals surface area (Å²) in [6, 6.07) is 15.0. The molecule has 0 aliphatic carbocycles. The van der Waals surface area contributed by atoms with Crippen LogP contribution in [0.25, 0.3) is 0 Å². The van der Waals surface area contributed by atoms with Crippen molar-refractivity contribution in [2.75, 3.05) is 36.4 Å². The van der Waals surface area contributed by atoms with Crippen molar-refractivity contribution in [2.24, 2.45) is 0 Å². The number of nitrogens with zero attached hydrogens (tertiary/aromatic N) is 2. The molecule has 3 rings (SSSR count). The van der Waals surface area contributed by atoms with Crippen LogP contribution >= 0.6 is 0 Å². The number of hydrogen-bond donors (Lipinski definition) is 1. The van der Waals surface area contributed by atoms with Gasteiger partial charge in [0.2, 0.25) is 0 Å². The van der Waals surface area contributed by atoms with Gasteiger partial charge in [-0.2, -0.15) is 0 Å². The van der Waals surface area contributed by atoms with Gasteiger partial charge in [-0.15, -0.1) is 0 Å². The van der Waals surface area contributed by atoms with Gasteiger partial charge in [0.25, 0.3) is 0 Å². The molecule has 1 aliphatic rings. The average Bonchev–Trinajstić information content (AvgIpc) is 2.69. The van der Waals surface area contributed by atoms with E-state index in [9.17, 15) is 9.59 Å². The normalized spacial score (nSPS) is 14.1. The lowest BCUT2D eigenvalue weighted by molar-refractivity contribution is 0.101. The van der Waals surface area contributed by atoms with Crippen molar-refractivity contribution < 1.29 is 14.3 Å². The predicted octanol–water partition coefficient (Wildman–Crippen LogP) is 4.03. The van der Waals surface area contributed by atoms with Crippen molar-refractivity contribution in [3.8, 4) is 5.75 Å². The summed E-state index contributed by atoms with van der Waals surface area (Å²) in [5.74, 6) is 0.741. The molecule has 0 saturated carbocycles. The quantitative estimate of drug-likeness (QED) is 0.795. The lowest BCUT2D eigenvalue weighted by atomic mass is 10.1. The van der Waals surface area contributed by atoms with Gasteiger partial charge in [0.05, 0.1) is 11.8 Å². The number of benzene rings is 2. The van der Waals surface area contributed by atoms with Crippen molar-refractivity contribution in [3.05, 3.63) is 54.1 Å². The molecule has 6 heteroatoms. The highest BCUT2D eigenvalue weighted by Gasteiger charge is 2.22. The number of carbonyl (C=O) groups excluding carboxylic acids is 2. The number of ether oxygens (including phenoxy) is 1. The highest BCUT2D eigenvalue weighted by atomic mass is 16.5. The fourth-order valence-corrected chi connectivity index (χ4v) is 3.20. The summed E-state index contributed by atoms with van der Waals surface area (Å²) in [6.45, 7) is 8.24. The van der Waals surface area contributed by atoms with E-state index < -0.39 is 0 Å². The number of Topliss-reactive ketones (excluding diaryl/α,β-unsaturated/α-hetero) is 1. The molecule has 0 radical (unpaired) electrons. The first-order valence-corrected chi connectivity index (χ1v) is 9.61. The fourth-order valence-electron chi connectivity index (χ4n) is 3.20. The van der Waals surface area contributed by atoms with E-state index in [0.29, 0.717) is 30.1 Å². The molecule has 0 bridgehead atoms. The van der Waals surface area contributed by atoms with Gasteiger partial charge in [-0.3, -0.25) is 4.79 Å². The third-order valence-corrected chi connectivity index (χ3v) is 4.70. The molecule has 0 atom stereocenters. The third-order valence-electron chi connectivity index (χ3n) is 4.70. The standard InChI is InChI=1S/C22H27N3O3/c1-16(2)28-21-7-5-4-6-20(21)23-22(27)25-14-12-24(13-15-25)19-10-8-18(9-11-19)17(3)26/h4-11,16H,12-15H2,1-3H3,(H,23,27). The van der Waals surface area contributed by atoms with Gasteiger partial charge in [0.15, 0.2) is 5.78 Å². The number of urea groups is 1. The molecule has 2 aromatic carbocycles. The topological polar surface area (TPSA) is 61.9 Å². The van der Waals surface area contributed by atoms with Crippen LogP contribution in [0.2, 0.25) is 0 Å². The summed E-state index contributed by atoms with van der Waals surface area (Å²) in [6.07, 6.45) is 0.0380. The number of anilines is 2. The maximum absolute atomic E-state index is 12.7. The zero-order chi connectivity index (χ0) is 20.1. The van der Waals surface area contributed by atoms with Crippen LogP contribution in [0, 0.1) is 0 Å². The fraction of sp³-hybridized carbons (Fsp3) is 0.364. The van der Waals surface area contributed by atoms with Crippen molar-refractivity contribution in [1.29, 1.82) is 0 Å². The molecule has 28 heavy (non-hydrogen) atoms. The predicted molar refractivity (Wildman–Crippen MR) is 111 cm³/mol. The van der Waals surface area contributed by atoms with E-state index in [2.05, 4.69) is 10.2 Å². The lowest BCUT2D eigenvalue weighted by Gasteiger charge is -2.36. The van der Waals surface area contributed by atoms with Crippen LogP contribution in [0.15, 0.2) is 48.5 Å². The number of para-hydroxylation sites is 2. The summed E-state index contributed by atoms with van der Waals surface area (Å²) >= 11 is 0. The molecule has 2 amide bonds. The zero-order valence-electron chi connectivity index (χ0n) is 16.6. The van der Waals surface area contributed by atoms with E-state index in [-0.39, 0.29) is 17.9 Å². The van der Waals surface area contributed by atoms with Crippen molar-refractivity contribution >= 4 is 23.2 Å². The van der Waals surface area contributed by atoms with Crippen LogP contribution in [0.3, 0.4) is 0 Å². The number of hydrogen-bond acceptors (Lipinski definition) is 4. The van der Waals surface area contributed by atoms with Gasteiger partial charge < -0.3 is 19.9 Å². The van der Waals surface area contributed by atoms with Crippen LogP contribution in [0.5, 0.6) is 5.75 Å². The largest absolute Gasteiger partial charge is 0.489 e. The van der Waals surface area contributed by atoms with E-state index in [4.69, 9.17) is 4.74 Å². The van der Waals surface area contributed by atoms with Crippen LogP contribution in [-0.2, 0) is 0 Å². The van der Waals surface area contributed by atoms with Crippen molar-refractivity contribution in [2.45, 2.75) is 26.9 Å². The minimum Gasteiger partial charge on any atom is -0.489 e. The Morgan fingerprint density at radius 1 is 0.964 bits per heavy atom. The molecule has 148 valence electrons. The number of amides is 2. The van der Waals surface area contributed by atoms with Crippen LogP contribution in [-0.4, -0.2) is 49.0 Å². The smallest absolute Gasteiger partial charge is 0.322 e. The second kappa shape index (κ2) is 8.78. The highest BCUT2D eigenvalue weighted by Crippen LogP contribution is 2.25. The Balaban J connectivity index is 1.58. The van der Waals surface area contributed by atoms with E-state index in [1.54, 1.807) is 6.92 Å². The number of rotatable bonds is 5. The number of piperazine rings is 1. The molecule has 1 heterocycles. The van der Waals surface area contributed by atoms with Gasteiger partial charge in [-0.05, 0) is 57.2 Å². The molecule has 1 saturated heterocycles. The zero-order valence-corrected chi connectivity index (χ0v) is 16.6. The summed E-state index contributed by atoms with van der Waals surface area (Å²) in [7, 11) is 0. The molecule has 2 aromatic rings. The van der Waals surface area contributed by atoms with E-state index >= 15 is 0 Å².